The molecule has 0 unspecified atom stereocenters. The van der Waals surface area contributed by atoms with Crippen LogP contribution in [0, 0.1) is 0 Å². The zero-order valence-electron chi connectivity index (χ0n) is 15.5. The van der Waals surface area contributed by atoms with Crippen molar-refractivity contribution in [2.75, 3.05) is 0 Å². The van der Waals surface area contributed by atoms with Crippen LogP contribution >= 0.6 is 0 Å². The Hall–Kier alpha value is -3.67. The van der Waals surface area contributed by atoms with Crippen molar-refractivity contribution in [1.29, 1.82) is 0 Å². The quantitative estimate of drug-likeness (QED) is 0.585. The number of nitrogens with one attached hydrogen (secondary N) is 1. The van der Waals surface area contributed by atoms with Gasteiger partial charge < -0.3 is 9.88 Å². The molecule has 1 amide bonds. The van der Waals surface area contributed by atoms with Crippen LogP contribution in [0.5, 0.6) is 0 Å². The number of para-hydroxylation sites is 1. The summed E-state index contributed by atoms with van der Waals surface area (Å²) in [6.07, 6.45) is 3.49. The Morgan fingerprint density at radius 3 is 2.36 bits per heavy atom. The molecule has 0 saturated heterocycles. The summed E-state index contributed by atoms with van der Waals surface area (Å²) in [5, 5.41) is 7.39. The van der Waals surface area contributed by atoms with Crippen LogP contribution < -0.4 is 10.9 Å². The van der Waals surface area contributed by atoms with Crippen molar-refractivity contribution in [3.05, 3.63) is 94.5 Å². The summed E-state index contributed by atoms with van der Waals surface area (Å²) < 4.78 is 3.18. The van der Waals surface area contributed by atoms with Gasteiger partial charge in [0.15, 0.2) is 0 Å². The van der Waals surface area contributed by atoms with E-state index in [-0.39, 0.29) is 11.5 Å². The summed E-state index contributed by atoms with van der Waals surface area (Å²) in [6.45, 7) is 3.01. The van der Waals surface area contributed by atoms with Crippen LogP contribution in [0.25, 0.3) is 16.9 Å². The number of aryl methyl sites for hydroxylation is 1. The lowest BCUT2D eigenvalue weighted by Crippen LogP contribution is -2.24. The molecule has 28 heavy (non-hydrogen) atoms. The van der Waals surface area contributed by atoms with E-state index >= 15 is 0 Å². The first-order valence-electron chi connectivity index (χ1n) is 9.17. The first-order valence-corrected chi connectivity index (χ1v) is 9.17. The van der Waals surface area contributed by atoms with Crippen LogP contribution in [-0.2, 0) is 13.1 Å². The van der Waals surface area contributed by atoms with Gasteiger partial charge in [0, 0.05) is 25.5 Å². The highest BCUT2D eigenvalue weighted by Crippen LogP contribution is 2.22. The third-order valence-electron chi connectivity index (χ3n) is 4.63. The monoisotopic (exact) mass is 372 g/mol. The molecule has 2 heterocycles. The Labute approximate surface area is 162 Å². The number of hydrogen-bond acceptors (Lipinski definition) is 3. The van der Waals surface area contributed by atoms with Crippen molar-refractivity contribution in [1.82, 2.24) is 19.7 Å². The number of carbonyl (C=O) groups excluding carboxylic acids is 1. The molecule has 1 N–H and O–H groups in total. The number of fused-ring (bicyclic) bond motifs is 1. The predicted molar refractivity (Wildman–Crippen MR) is 108 cm³/mol. The SMILES string of the molecule is CCn1cc(C(=O)NCc2ccccc2)c2nn(-c3ccccc3)c(=O)c-2c1. The van der Waals surface area contributed by atoms with Crippen molar-refractivity contribution >= 4 is 5.91 Å². The summed E-state index contributed by atoms with van der Waals surface area (Å²) in [5.74, 6) is -0.255. The lowest BCUT2D eigenvalue weighted by Gasteiger charge is -2.11. The standard InChI is InChI=1S/C22H20N4O2/c1-2-25-14-18(21(27)23-13-16-9-5-3-6-10-16)20-19(15-25)22(28)26(24-20)17-11-7-4-8-12-17/h3-12,14-15H,2,13H2,1H3,(H,23,27). The summed E-state index contributed by atoms with van der Waals surface area (Å²) in [6, 6.07) is 18.9. The van der Waals surface area contributed by atoms with Gasteiger partial charge in [-0.15, -0.1) is 0 Å². The Morgan fingerprint density at radius 1 is 1.00 bits per heavy atom. The Bertz CT molecular complexity index is 1130. The molecule has 2 aliphatic heterocycles. The molecule has 0 bridgehead atoms. The third kappa shape index (κ3) is 3.32. The average Bonchev–Trinajstić information content (AvgIpc) is 3.09. The van der Waals surface area contributed by atoms with Crippen LogP contribution in [0.2, 0.25) is 0 Å². The summed E-state index contributed by atoms with van der Waals surface area (Å²) in [5.41, 5.74) is 2.67. The lowest BCUT2D eigenvalue weighted by atomic mass is 10.1. The van der Waals surface area contributed by atoms with E-state index in [9.17, 15) is 9.59 Å². The van der Waals surface area contributed by atoms with E-state index in [0.29, 0.717) is 35.6 Å². The molecular formula is C22H20N4O2. The van der Waals surface area contributed by atoms with Gasteiger partial charge in [-0.3, -0.25) is 9.59 Å². The molecule has 4 rings (SSSR count). The Morgan fingerprint density at radius 2 is 1.68 bits per heavy atom. The molecular weight excluding hydrogens is 352 g/mol. The van der Waals surface area contributed by atoms with Crippen molar-refractivity contribution in [2.24, 2.45) is 0 Å². The van der Waals surface area contributed by atoms with E-state index in [1.165, 1.54) is 4.68 Å². The molecule has 2 aromatic rings. The highest BCUT2D eigenvalue weighted by molar-refractivity contribution is 5.99. The van der Waals surface area contributed by atoms with Crippen LogP contribution in [0.3, 0.4) is 0 Å². The van der Waals surface area contributed by atoms with Crippen LogP contribution in [0.15, 0.2) is 77.9 Å². The molecule has 0 saturated carbocycles. The molecule has 0 radical (unpaired) electrons. The van der Waals surface area contributed by atoms with E-state index in [0.717, 1.165) is 5.56 Å². The topological polar surface area (TPSA) is 68.9 Å². The highest BCUT2D eigenvalue weighted by atomic mass is 16.2. The maximum Gasteiger partial charge on any atom is 0.282 e. The van der Waals surface area contributed by atoms with Gasteiger partial charge in [0.2, 0.25) is 0 Å². The van der Waals surface area contributed by atoms with E-state index in [1.54, 1.807) is 12.4 Å². The normalized spacial score (nSPS) is 10.9. The summed E-state index contributed by atoms with van der Waals surface area (Å²) >= 11 is 0. The highest BCUT2D eigenvalue weighted by Gasteiger charge is 2.24. The van der Waals surface area contributed by atoms with E-state index in [1.807, 2.05) is 72.2 Å². The molecule has 0 aromatic heterocycles. The molecule has 0 atom stereocenters. The van der Waals surface area contributed by atoms with E-state index in [4.69, 9.17) is 0 Å². The number of rotatable bonds is 5. The Balaban J connectivity index is 1.75. The average molecular weight is 372 g/mol. The number of benzene rings is 2. The molecule has 0 aliphatic carbocycles. The number of pyridine rings is 1. The first-order chi connectivity index (χ1) is 13.7. The number of nitrogens with zero attached hydrogens (tertiary/aromatic N) is 3. The van der Waals surface area contributed by atoms with Crippen LogP contribution in [-0.4, -0.2) is 20.3 Å². The minimum atomic E-state index is -0.255. The fourth-order valence-electron chi connectivity index (χ4n) is 3.13. The maximum atomic E-state index is 12.9. The van der Waals surface area contributed by atoms with E-state index < -0.39 is 0 Å². The fourth-order valence-corrected chi connectivity index (χ4v) is 3.13. The van der Waals surface area contributed by atoms with Crippen molar-refractivity contribution < 1.29 is 4.79 Å². The van der Waals surface area contributed by atoms with Gasteiger partial charge in [0.05, 0.1) is 16.8 Å². The number of aromatic nitrogens is 3. The molecule has 2 aliphatic rings. The van der Waals surface area contributed by atoms with Crippen molar-refractivity contribution in [3.8, 4) is 16.9 Å². The molecule has 140 valence electrons. The van der Waals surface area contributed by atoms with Gasteiger partial charge in [-0.25, -0.2) is 0 Å². The summed E-state index contributed by atoms with van der Waals surface area (Å²) in [7, 11) is 0. The molecule has 0 fully saturated rings. The summed E-state index contributed by atoms with van der Waals surface area (Å²) in [4.78, 5) is 25.8. The zero-order valence-corrected chi connectivity index (χ0v) is 15.5. The Kier molecular flexibility index (Phi) is 4.76. The third-order valence-corrected chi connectivity index (χ3v) is 4.63. The van der Waals surface area contributed by atoms with Gasteiger partial charge >= 0.3 is 0 Å². The van der Waals surface area contributed by atoms with Crippen LogP contribution in [0.1, 0.15) is 22.8 Å². The van der Waals surface area contributed by atoms with Gasteiger partial charge in [0.1, 0.15) is 5.69 Å². The van der Waals surface area contributed by atoms with Gasteiger partial charge in [-0.05, 0) is 24.6 Å². The molecule has 2 aromatic carbocycles. The number of hydrogen-bond donors (Lipinski definition) is 1. The fraction of sp³-hybridized carbons (Fsp3) is 0.136. The van der Waals surface area contributed by atoms with Crippen molar-refractivity contribution in [2.45, 2.75) is 20.0 Å². The minimum absolute atomic E-state index is 0.235. The minimum Gasteiger partial charge on any atom is -0.353 e. The van der Waals surface area contributed by atoms with Gasteiger partial charge in [-0.1, -0.05) is 48.5 Å². The largest absolute Gasteiger partial charge is 0.353 e. The molecule has 0 spiro atoms. The number of carbonyl (C=O) groups is 1. The molecule has 6 heteroatoms. The van der Waals surface area contributed by atoms with E-state index in [2.05, 4.69) is 10.4 Å². The van der Waals surface area contributed by atoms with Gasteiger partial charge in [0.25, 0.3) is 11.5 Å². The van der Waals surface area contributed by atoms with Crippen LogP contribution in [0.4, 0.5) is 0 Å². The zero-order chi connectivity index (χ0) is 19.5. The molecule has 6 nitrogen and oxygen atoms in total. The smallest absolute Gasteiger partial charge is 0.282 e. The number of amides is 1. The van der Waals surface area contributed by atoms with Crippen molar-refractivity contribution in [3.63, 3.8) is 0 Å². The maximum absolute atomic E-state index is 12.9. The predicted octanol–water partition coefficient (Wildman–Crippen LogP) is 3.09. The lowest BCUT2D eigenvalue weighted by molar-refractivity contribution is 0.0950. The van der Waals surface area contributed by atoms with Gasteiger partial charge in [-0.2, -0.15) is 9.78 Å². The second-order valence-electron chi connectivity index (χ2n) is 6.49. The second kappa shape index (κ2) is 7.52. The first kappa shape index (κ1) is 17.7. The second-order valence-corrected chi connectivity index (χ2v) is 6.49.